The maximum Gasteiger partial charge on any atom is 0.243 e. The van der Waals surface area contributed by atoms with E-state index in [1.165, 1.54) is 0 Å². The summed E-state index contributed by atoms with van der Waals surface area (Å²) in [4.78, 5) is 16.5. The third kappa shape index (κ3) is 3.57. The lowest BCUT2D eigenvalue weighted by Crippen LogP contribution is -2.20. The summed E-state index contributed by atoms with van der Waals surface area (Å²) in [5.74, 6) is 0.0693. The van der Waals surface area contributed by atoms with Gasteiger partial charge in [-0.2, -0.15) is 5.10 Å². The van der Waals surface area contributed by atoms with E-state index in [2.05, 4.69) is 15.5 Å². The Bertz CT molecular complexity index is 1020. The van der Waals surface area contributed by atoms with E-state index in [-0.39, 0.29) is 17.7 Å². The van der Waals surface area contributed by atoms with Gasteiger partial charge in [-0.15, -0.1) is 0 Å². The van der Waals surface area contributed by atoms with E-state index in [1.54, 1.807) is 18.5 Å². The van der Waals surface area contributed by atoms with Crippen molar-refractivity contribution in [2.75, 3.05) is 0 Å². The molecule has 1 N–H and O–H groups in total. The standard InChI is InChI=1S/C20H15Cl2N3O/c21-15-5-1-3-13(9-15)16-10-17(16)20(26)25-24-11-12-7-14-4-2-6-23-19(14)18(22)8-12/h1-9,11,16-17H,10H2,(H,25,26)/b24-11+. The quantitative estimate of drug-likeness (QED) is 0.519. The summed E-state index contributed by atoms with van der Waals surface area (Å²) in [6.07, 6.45) is 4.11. The molecule has 1 aromatic heterocycles. The molecule has 6 heteroatoms. The van der Waals surface area contributed by atoms with Crippen LogP contribution in [-0.2, 0) is 4.79 Å². The van der Waals surface area contributed by atoms with Gasteiger partial charge in [-0.25, -0.2) is 5.43 Å². The number of halogens is 2. The molecular weight excluding hydrogens is 369 g/mol. The Hall–Kier alpha value is -2.43. The molecule has 0 bridgehead atoms. The van der Waals surface area contributed by atoms with E-state index < -0.39 is 0 Å². The van der Waals surface area contributed by atoms with Crippen LogP contribution in [0.1, 0.15) is 23.5 Å². The zero-order valence-corrected chi connectivity index (χ0v) is 15.2. The van der Waals surface area contributed by atoms with Gasteiger partial charge in [0.15, 0.2) is 0 Å². The van der Waals surface area contributed by atoms with E-state index in [4.69, 9.17) is 23.2 Å². The lowest BCUT2D eigenvalue weighted by Gasteiger charge is -2.02. The van der Waals surface area contributed by atoms with Crippen LogP contribution >= 0.6 is 23.2 Å². The van der Waals surface area contributed by atoms with Gasteiger partial charge >= 0.3 is 0 Å². The normalized spacial score (nSPS) is 19.0. The van der Waals surface area contributed by atoms with Crippen molar-refractivity contribution >= 4 is 46.2 Å². The Kier molecular flexibility index (Phi) is 4.62. The first-order chi connectivity index (χ1) is 12.6. The number of benzene rings is 2. The monoisotopic (exact) mass is 383 g/mol. The van der Waals surface area contributed by atoms with Crippen molar-refractivity contribution in [1.29, 1.82) is 0 Å². The summed E-state index contributed by atoms with van der Waals surface area (Å²) >= 11 is 12.3. The van der Waals surface area contributed by atoms with Gasteiger partial charge in [0, 0.05) is 22.5 Å². The smallest absolute Gasteiger partial charge is 0.243 e. The minimum absolute atomic E-state index is 0.0602. The van der Waals surface area contributed by atoms with Crippen LogP contribution in [0.3, 0.4) is 0 Å². The number of carbonyl (C=O) groups is 1. The molecule has 1 heterocycles. The molecule has 2 atom stereocenters. The third-order valence-electron chi connectivity index (χ3n) is 4.47. The maximum absolute atomic E-state index is 12.2. The minimum atomic E-state index is -0.0835. The molecule has 1 saturated carbocycles. The molecule has 4 rings (SSSR count). The van der Waals surface area contributed by atoms with Gasteiger partial charge in [0.05, 0.1) is 16.8 Å². The van der Waals surface area contributed by atoms with Gasteiger partial charge < -0.3 is 0 Å². The Morgan fingerprint density at radius 3 is 2.92 bits per heavy atom. The zero-order chi connectivity index (χ0) is 18.1. The molecule has 1 aliphatic carbocycles. The fourth-order valence-corrected chi connectivity index (χ4v) is 3.57. The van der Waals surface area contributed by atoms with Crippen molar-refractivity contribution < 1.29 is 4.79 Å². The largest absolute Gasteiger partial charge is 0.273 e. The van der Waals surface area contributed by atoms with Crippen LogP contribution in [0.15, 0.2) is 59.8 Å². The summed E-state index contributed by atoms with van der Waals surface area (Å²) in [6, 6.07) is 15.1. The van der Waals surface area contributed by atoms with Crippen LogP contribution in [0.4, 0.5) is 0 Å². The number of hydrazone groups is 1. The molecule has 0 radical (unpaired) electrons. The highest BCUT2D eigenvalue weighted by atomic mass is 35.5. The van der Waals surface area contributed by atoms with E-state index in [0.29, 0.717) is 10.0 Å². The van der Waals surface area contributed by atoms with Gasteiger partial charge in [0.1, 0.15) is 0 Å². The fraction of sp³-hybridized carbons (Fsp3) is 0.150. The summed E-state index contributed by atoms with van der Waals surface area (Å²) in [5.41, 5.74) is 5.26. The minimum Gasteiger partial charge on any atom is -0.273 e. The second kappa shape index (κ2) is 7.06. The molecule has 4 nitrogen and oxygen atoms in total. The topological polar surface area (TPSA) is 54.4 Å². The van der Waals surface area contributed by atoms with Crippen molar-refractivity contribution in [2.45, 2.75) is 12.3 Å². The average molecular weight is 384 g/mol. The van der Waals surface area contributed by atoms with Crippen LogP contribution < -0.4 is 5.43 Å². The number of hydrogen-bond acceptors (Lipinski definition) is 3. The van der Waals surface area contributed by atoms with Crippen molar-refractivity contribution in [3.63, 3.8) is 0 Å². The number of pyridine rings is 1. The lowest BCUT2D eigenvalue weighted by molar-refractivity contribution is -0.122. The van der Waals surface area contributed by atoms with E-state index in [1.807, 2.05) is 42.5 Å². The summed E-state index contributed by atoms with van der Waals surface area (Å²) < 4.78 is 0. The van der Waals surface area contributed by atoms with Crippen molar-refractivity contribution in [2.24, 2.45) is 11.0 Å². The van der Waals surface area contributed by atoms with Crippen molar-refractivity contribution in [3.8, 4) is 0 Å². The van der Waals surface area contributed by atoms with Crippen LogP contribution in [0, 0.1) is 5.92 Å². The highest BCUT2D eigenvalue weighted by molar-refractivity contribution is 6.35. The predicted molar refractivity (Wildman–Crippen MR) is 105 cm³/mol. The molecule has 3 aromatic rings. The number of amides is 1. The van der Waals surface area contributed by atoms with E-state index in [0.717, 1.165) is 28.5 Å². The molecule has 1 aliphatic rings. The SMILES string of the molecule is O=C(N/N=C/c1cc(Cl)c2ncccc2c1)C1CC1c1cccc(Cl)c1. The van der Waals surface area contributed by atoms with Gasteiger partial charge in [-0.05, 0) is 53.8 Å². The summed E-state index contributed by atoms with van der Waals surface area (Å²) in [6.45, 7) is 0. The number of aromatic nitrogens is 1. The molecule has 0 saturated heterocycles. The first-order valence-corrected chi connectivity index (χ1v) is 9.00. The Morgan fingerprint density at radius 2 is 2.08 bits per heavy atom. The predicted octanol–water partition coefficient (Wildman–Crippen LogP) is 4.80. The van der Waals surface area contributed by atoms with Gasteiger partial charge in [-0.1, -0.05) is 41.4 Å². The molecule has 0 spiro atoms. The molecular formula is C20H15Cl2N3O. The molecule has 2 unspecified atom stereocenters. The van der Waals surface area contributed by atoms with Crippen LogP contribution in [0.5, 0.6) is 0 Å². The first kappa shape index (κ1) is 17.0. The van der Waals surface area contributed by atoms with Gasteiger partial charge in [-0.3, -0.25) is 9.78 Å². The Balaban J connectivity index is 1.41. The Morgan fingerprint density at radius 1 is 1.19 bits per heavy atom. The zero-order valence-electron chi connectivity index (χ0n) is 13.7. The summed E-state index contributed by atoms with van der Waals surface area (Å²) in [7, 11) is 0. The number of rotatable bonds is 4. The molecule has 130 valence electrons. The Labute approximate surface area is 160 Å². The number of hydrogen-bond donors (Lipinski definition) is 1. The van der Waals surface area contributed by atoms with Crippen molar-refractivity contribution in [1.82, 2.24) is 10.4 Å². The van der Waals surface area contributed by atoms with Gasteiger partial charge in [0.2, 0.25) is 5.91 Å². The molecule has 1 amide bonds. The highest BCUT2D eigenvalue weighted by Crippen LogP contribution is 2.47. The third-order valence-corrected chi connectivity index (χ3v) is 5.00. The fourth-order valence-electron chi connectivity index (χ4n) is 3.09. The van der Waals surface area contributed by atoms with Crippen LogP contribution in [0.25, 0.3) is 10.9 Å². The molecule has 2 aromatic carbocycles. The maximum atomic E-state index is 12.2. The first-order valence-electron chi connectivity index (χ1n) is 8.24. The second-order valence-corrected chi connectivity index (χ2v) is 7.16. The van der Waals surface area contributed by atoms with Crippen LogP contribution in [-0.4, -0.2) is 17.1 Å². The number of carbonyl (C=O) groups excluding carboxylic acids is 1. The average Bonchev–Trinajstić information content (AvgIpc) is 3.43. The van der Waals surface area contributed by atoms with Gasteiger partial charge in [0.25, 0.3) is 0 Å². The molecule has 0 aliphatic heterocycles. The van der Waals surface area contributed by atoms with Crippen molar-refractivity contribution in [3.05, 3.63) is 75.9 Å². The number of nitrogens with zero attached hydrogens (tertiary/aromatic N) is 2. The molecule has 1 fully saturated rings. The highest BCUT2D eigenvalue weighted by Gasteiger charge is 2.43. The second-order valence-electron chi connectivity index (χ2n) is 6.32. The van der Waals surface area contributed by atoms with Crippen LogP contribution in [0.2, 0.25) is 10.0 Å². The van der Waals surface area contributed by atoms with E-state index >= 15 is 0 Å². The summed E-state index contributed by atoms with van der Waals surface area (Å²) in [5, 5.41) is 6.24. The number of nitrogens with one attached hydrogen (secondary N) is 1. The van der Waals surface area contributed by atoms with E-state index in [9.17, 15) is 4.79 Å². The number of fused-ring (bicyclic) bond motifs is 1. The molecule has 26 heavy (non-hydrogen) atoms. The lowest BCUT2D eigenvalue weighted by atomic mass is 10.1.